The molecule has 1 heterocycles. The molecule has 3 nitrogen and oxygen atoms in total. The Labute approximate surface area is 166 Å². The molecule has 1 aliphatic heterocycles. The van der Waals surface area contributed by atoms with Crippen LogP contribution in [0.2, 0.25) is 0 Å². The Bertz CT molecular complexity index is 544. The number of quaternary nitrogens is 1. The molecule has 0 unspecified atom stereocenters. The first kappa shape index (κ1) is 21.9. The van der Waals surface area contributed by atoms with E-state index in [-0.39, 0.29) is 5.97 Å². The van der Waals surface area contributed by atoms with Gasteiger partial charge in [0, 0.05) is 12.5 Å². The molecule has 0 N–H and O–H groups in total. The molecule has 0 atom stereocenters. The number of carbonyl (C=O) groups is 1. The number of unbranched alkanes of at least 4 members (excludes halogenated alkanes) is 6. The van der Waals surface area contributed by atoms with E-state index in [1.165, 1.54) is 83.1 Å². The highest BCUT2D eigenvalue weighted by molar-refractivity contribution is 5.72. The fourth-order valence-corrected chi connectivity index (χ4v) is 4.41. The summed E-state index contributed by atoms with van der Waals surface area (Å²) in [5.74, 6) is 0.640. The molecule has 3 heteroatoms. The Kier molecular flexibility index (Phi) is 9.90. The Balaban J connectivity index is 1.83. The number of hydrogen-bond donors (Lipinski definition) is 0. The molecular weight excluding hydrogens is 334 g/mol. The van der Waals surface area contributed by atoms with Crippen LogP contribution in [0.5, 0.6) is 5.75 Å². The summed E-state index contributed by atoms with van der Waals surface area (Å²) in [6, 6.07) is 8.31. The lowest BCUT2D eigenvalue weighted by atomic mass is 10.0. The number of benzene rings is 1. The third-order valence-electron chi connectivity index (χ3n) is 5.91. The average molecular weight is 375 g/mol. The molecule has 0 radical (unpaired) electrons. The second kappa shape index (κ2) is 12.2. The summed E-state index contributed by atoms with van der Waals surface area (Å²) < 4.78 is 6.72. The van der Waals surface area contributed by atoms with E-state index < -0.39 is 0 Å². The van der Waals surface area contributed by atoms with Crippen LogP contribution in [0.3, 0.4) is 0 Å². The third kappa shape index (κ3) is 7.29. The molecule has 1 aromatic carbocycles. The summed E-state index contributed by atoms with van der Waals surface area (Å²) in [6.07, 6.45) is 14.2. The standard InChI is InChI=1S/C24H40NO2/c1-3-5-6-7-8-9-11-17-24(26)27-23-16-14-15-22(21-23)25(18-4-2)19-12-10-13-20-25/h14-16,21H,3-13,17-20H2,1-2H3/q+1. The van der Waals surface area contributed by atoms with Crippen LogP contribution in [-0.2, 0) is 4.79 Å². The molecule has 152 valence electrons. The molecule has 0 aromatic heterocycles. The van der Waals surface area contributed by atoms with E-state index in [0.29, 0.717) is 6.42 Å². The zero-order valence-corrected chi connectivity index (χ0v) is 17.7. The van der Waals surface area contributed by atoms with Crippen molar-refractivity contribution in [1.29, 1.82) is 0 Å². The lowest BCUT2D eigenvalue weighted by Crippen LogP contribution is -2.53. The highest BCUT2D eigenvalue weighted by Crippen LogP contribution is 2.32. The number of carbonyl (C=O) groups excluding carboxylic acids is 1. The number of nitrogens with zero attached hydrogens (tertiary/aromatic N) is 1. The molecule has 27 heavy (non-hydrogen) atoms. The molecule has 1 fully saturated rings. The summed E-state index contributed by atoms with van der Waals surface area (Å²) in [5.41, 5.74) is 1.32. The largest absolute Gasteiger partial charge is 0.426 e. The topological polar surface area (TPSA) is 26.3 Å². The number of likely N-dealkylation sites (tertiary alicyclic amines) is 1. The van der Waals surface area contributed by atoms with Gasteiger partial charge in [-0.05, 0) is 44.2 Å². The smallest absolute Gasteiger partial charge is 0.311 e. The van der Waals surface area contributed by atoms with Crippen molar-refractivity contribution in [3.63, 3.8) is 0 Å². The molecule has 0 amide bonds. The minimum Gasteiger partial charge on any atom is -0.426 e. The van der Waals surface area contributed by atoms with Crippen molar-refractivity contribution in [3.8, 4) is 5.75 Å². The van der Waals surface area contributed by atoms with Crippen LogP contribution >= 0.6 is 0 Å². The van der Waals surface area contributed by atoms with Gasteiger partial charge in [-0.15, -0.1) is 0 Å². The summed E-state index contributed by atoms with van der Waals surface area (Å²) in [5, 5.41) is 0. The van der Waals surface area contributed by atoms with Crippen molar-refractivity contribution in [2.45, 2.75) is 90.9 Å². The number of piperidine rings is 1. The van der Waals surface area contributed by atoms with Gasteiger partial charge in [0.1, 0.15) is 11.4 Å². The first-order chi connectivity index (χ1) is 13.2. The van der Waals surface area contributed by atoms with Gasteiger partial charge in [0.25, 0.3) is 0 Å². The second-order valence-electron chi connectivity index (χ2n) is 8.22. The van der Waals surface area contributed by atoms with E-state index in [4.69, 9.17) is 4.74 Å². The van der Waals surface area contributed by atoms with E-state index in [0.717, 1.165) is 23.1 Å². The predicted octanol–water partition coefficient (Wildman–Crippen LogP) is 6.63. The molecule has 1 aliphatic rings. The maximum atomic E-state index is 12.2. The van der Waals surface area contributed by atoms with E-state index in [1.807, 2.05) is 6.07 Å². The van der Waals surface area contributed by atoms with Crippen molar-refractivity contribution < 1.29 is 9.53 Å². The third-order valence-corrected chi connectivity index (χ3v) is 5.91. The maximum Gasteiger partial charge on any atom is 0.311 e. The van der Waals surface area contributed by atoms with Crippen LogP contribution in [0.25, 0.3) is 0 Å². The number of rotatable bonds is 12. The van der Waals surface area contributed by atoms with Crippen molar-refractivity contribution in [3.05, 3.63) is 24.3 Å². The van der Waals surface area contributed by atoms with E-state index >= 15 is 0 Å². The van der Waals surface area contributed by atoms with Crippen LogP contribution in [0.15, 0.2) is 24.3 Å². The molecular formula is C24H40NO2+. The van der Waals surface area contributed by atoms with Gasteiger partial charge in [-0.25, -0.2) is 0 Å². The summed E-state index contributed by atoms with van der Waals surface area (Å²) in [7, 11) is 0. The molecule has 0 spiro atoms. The van der Waals surface area contributed by atoms with Gasteiger partial charge in [-0.1, -0.05) is 58.4 Å². The highest BCUT2D eigenvalue weighted by Gasteiger charge is 2.31. The molecule has 1 aromatic rings. The minimum atomic E-state index is -0.0820. The Hall–Kier alpha value is -1.35. The summed E-state index contributed by atoms with van der Waals surface area (Å²) in [4.78, 5) is 12.2. The van der Waals surface area contributed by atoms with Crippen LogP contribution in [0, 0.1) is 0 Å². The van der Waals surface area contributed by atoms with Gasteiger partial charge in [0.2, 0.25) is 0 Å². The zero-order valence-electron chi connectivity index (χ0n) is 17.7. The fourth-order valence-electron chi connectivity index (χ4n) is 4.41. The van der Waals surface area contributed by atoms with Gasteiger partial charge >= 0.3 is 5.97 Å². The predicted molar refractivity (Wildman–Crippen MR) is 115 cm³/mol. The van der Waals surface area contributed by atoms with Gasteiger partial charge < -0.3 is 4.74 Å². The van der Waals surface area contributed by atoms with Crippen molar-refractivity contribution in [2.24, 2.45) is 0 Å². The lowest BCUT2D eigenvalue weighted by molar-refractivity contribution is -0.134. The molecule has 0 saturated carbocycles. The first-order valence-corrected chi connectivity index (χ1v) is 11.4. The lowest BCUT2D eigenvalue weighted by Gasteiger charge is -2.41. The highest BCUT2D eigenvalue weighted by atomic mass is 16.5. The quantitative estimate of drug-likeness (QED) is 0.177. The second-order valence-corrected chi connectivity index (χ2v) is 8.22. The monoisotopic (exact) mass is 374 g/mol. The van der Waals surface area contributed by atoms with Crippen LogP contribution < -0.4 is 9.22 Å². The van der Waals surface area contributed by atoms with E-state index in [1.54, 1.807) is 0 Å². The summed E-state index contributed by atoms with van der Waals surface area (Å²) in [6.45, 7) is 8.10. The fraction of sp³-hybridized carbons (Fsp3) is 0.708. The Morgan fingerprint density at radius 2 is 1.63 bits per heavy atom. The zero-order chi connectivity index (χ0) is 19.4. The van der Waals surface area contributed by atoms with E-state index in [2.05, 4.69) is 32.0 Å². The number of esters is 1. The summed E-state index contributed by atoms with van der Waals surface area (Å²) >= 11 is 0. The van der Waals surface area contributed by atoms with Gasteiger partial charge in [0.05, 0.1) is 19.6 Å². The number of ether oxygens (including phenoxy) is 1. The maximum absolute atomic E-state index is 12.2. The molecule has 0 bridgehead atoms. The molecule has 2 rings (SSSR count). The van der Waals surface area contributed by atoms with Gasteiger partial charge in [-0.2, -0.15) is 0 Å². The van der Waals surface area contributed by atoms with E-state index in [9.17, 15) is 4.79 Å². The molecule has 1 saturated heterocycles. The minimum absolute atomic E-state index is 0.0820. The van der Waals surface area contributed by atoms with Crippen molar-refractivity contribution >= 4 is 11.7 Å². The van der Waals surface area contributed by atoms with Crippen LogP contribution in [0.1, 0.15) is 90.9 Å². The van der Waals surface area contributed by atoms with Crippen molar-refractivity contribution in [2.75, 3.05) is 19.6 Å². The average Bonchev–Trinajstić information content (AvgIpc) is 2.68. The van der Waals surface area contributed by atoms with Gasteiger partial charge in [-0.3, -0.25) is 9.28 Å². The SMILES string of the molecule is CCCCCCCCCC(=O)Oc1cccc([N+]2(CCC)CCCCC2)c1. The van der Waals surface area contributed by atoms with Crippen molar-refractivity contribution in [1.82, 2.24) is 4.48 Å². The Morgan fingerprint density at radius 1 is 0.926 bits per heavy atom. The molecule has 0 aliphatic carbocycles. The first-order valence-electron chi connectivity index (χ1n) is 11.4. The van der Waals surface area contributed by atoms with Gasteiger partial charge in [0.15, 0.2) is 0 Å². The normalized spacial score (nSPS) is 16.2. The Morgan fingerprint density at radius 3 is 2.33 bits per heavy atom. The number of hydrogen-bond acceptors (Lipinski definition) is 2. The van der Waals surface area contributed by atoms with Crippen LogP contribution in [0.4, 0.5) is 5.69 Å². The van der Waals surface area contributed by atoms with Crippen LogP contribution in [-0.4, -0.2) is 25.6 Å².